The molecule has 6 heteroatoms. The molecular weight excluding hydrogens is 350 g/mol. The Morgan fingerprint density at radius 1 is 1.11 bits per heavy atom. The maximum absolute atomic E-state index is 10.3. The fourth-order valence-electron chi connectivity index (χ4n) is 2.96. The van der Waals surface area contributed by atoms with Gasteiger partial charge < -0.3 is 15.4 Å². The van der Waals surface area contributed by atoms with Gasteiger partial charge in [0.05, 0.1) is 23.7 Å². The van der Waals surface area contributed by atoms with Crippen LogP contribution in [0.4, 0.5) is 11.6 Å². The van der Waals surface area contributed by atoms with E-state index in [1.165, 1.54) is 0 Å². The van der Waals surface area contributed by atoms with Gasteiger partial charge in [-0.05, 0) is 36.0 Å². The molecule has 0 fully saturated rings. The van der Waals surface area contributed by atoms with Gasteiger partial charge in [0.1, 0.15) is 5.82 Å². The monoisotopic (exact) mass is 379 g/mol. The zero-order valence-corrected chi connectivity index (χ0v) is 17.0. The quantitative estimate of drug-likeness (QED) is 0.559. The summed E-state index contributed by atoms with van der Waals surface area (Å²) in [7, 11) is 0. The highest BCUT2D eigenvalue weighted by atomic mass is 16.3. The normalized spacial score (nSPS) is 13.9. The SMILES string of the molecule is CC(Cc1ncc(-c2ccnc(Nc3ccccc3)n2)[nH]1)CC(O)C(C)(C)C. The standard InChI is InChI=1S/C22H29N5O/c1-15(12-19(28)22(2,3)4)13-20-24-14-18(26-20)17-10-11-23-21(27-17)25-16-8-6-5-7-9-16/h5-11,14-15,19,28H,12-13H2,1-4H3,(H,24,26)(H,23,25,27). The number of H-pyrrole nitrogens is 1. The van der Waals surface area contributed by atoms with E-state index in [2.05, 4.69) is 52.9 Å². The number of aromatic nitrogens is 4. The molecule has 1 aromatic carbocycles. The molecule has 0 amide bonds. The molecule has 2 atom stereocenters. The van der Waals surface area contributed by atoms with Gasteiger partial charge in [0, 0.05) is 18.3 Å². The number of nitrogens with zero attached hydrogens (tertiary/aromatic N) is 3. The van der Waals surface area contributed by atoms with Crippen LogP contribution in [0, 0.1) is 11.3 Å². The van der Waals surface area contributed by atoms with Crippen LogP contribution in [-0.4, -0.2) is 31.1 Å². The van der Waals surface area contributed by atoms with Crippen molar-refractivity contribution in [2.75, 3.05) is 5.32 Å². The lowest BCUT2D eigenvalue weighted by atomic mass is 9.83. The number of aromatic amines is 1. The molecule has 3 N–H and O–H groups in total. The summed E-state index contributed by atoms with van der Waals surface area (Å²) in [6.07, 6.45) is 4.74. The van der Waals surface area contributed by atoms with Crippen molar-refractivity contribution in [2.45, 2.75) is 46.6 Å². The molecule has 2 unspecified atom stereocenters. The lowest BCUT2D eigenvalue weighted by Crippen LogP contribution is -2.28. The Kier molecular flexibility index (Phi) is 6.09. The number of hydrogen-bond acceptors (Lipinski definition) is 5. The Bertz CT molecular complexity index is 885. The highest BCUT2D eigenvalue weighted by Crippen LogP contribution is 2.26. The molecule has 0 saturated heterocycles. The minimum Gasteiger partial charge on any atom is -0.393 e. The third-order valence-corrected chi connectivity index (χ3v) is 4.76. The van der Waals surface area contributed by atoms with Gasteiger partial charge in [0.25, 0.3) is 0 Å². The highest BCUT2D eigenvalue weighted by molar-refractivity contribution is 5.58. The Hall–Kier alpha value is -2.73. The molecule has 2 aromatic heterocycles. The van der Waals surface area contributed by atoms with E-state index < -0.39 is 0 Å². The number of nitrogens with one attached hydrogen (secondary N) is 2. The topological polar surface area (TPSA) is 86.7 Å². The van der Waals surface area contributed by atoms with E-state index in [-0.39, 0.29) is 11.5 Å². The first-order valence-corrected chi connectivity index (χ1v) is 9.68. The van der Waals surface area contributed by atoms with E-state index in [4.69, 9.17) is 0 Å². The van der Waals surface area contributed by atoms with Gasteiger partial charge in [-0.2, -0.15) is 0 Å². The van der Waals surface area contributed by atoms with Gasteiger partial charge in [0.2, 0.25) is 5.95 Å². The lowest BCUT2D eigenvalue weighted by Gasteiger charge is -2.28. The van der Waals surface area contributed by atoms with E-state index in [1.54, 1.807) is 12.4 Å². The maximum atomic E-state index is 10.3. The third kappa shape index (κ3) is 5.39. The highest BCUT2D eigenvalue weighted by Gasteiger charge is 2.24. The van der Waals surface area contributed by atoms with Gasteiger partial charge in [0.15, 0.2) is 0 Å². The van der Waals surface area contributed by atoms with E-state index >= 15 is 0 Å². The van der Waals surface area contributed by atoms with Gasteiger partial charge in [-0.1, -0.05) is 45.9 Å². The van der Waals surface area contributed by atoms with Crippen LogP contribution in [0.1, 0.15) is 39.9 Å². The fourth-order valence-corrected chi connectivity index (χ4v) is 2.96. The minimum atomic E-state index is -0.328. The van der Waals surface area contributed by atoms with Crippen molar-refractivity contribution in [3.05, 3.63) is 54.6 Å². The van der Waals surface area contributed by atoms with Crippen molar-refractivity contribution in [1.29, 1.82) is 0 Å². The van der Waals surface area contributed by atoms with Crippen molar-refractivity contribution in [3.63, 3.8) is 0 Å². The van der Waals surface area contributed by atoms with E-state index in [0.717, 1.165) is 35.7 Å². The van der Waals surface area contributed by atoms with Gasteiger partial charge in [-0.3, -0.25) is 0 Å². The van der Waals surface area contributed by atoms with Crippen LogP contribution >= 0.6 is 0 Å². The van der Waals surface area contributed by atoms with Crippen molar-refractivity contribution in [2.24, 2.45) is 11.3 Å². The van der Waals surface area contributed by atoms with Gasteiger partial charge in [-0.15, -0.1) is 0 Å². The average molecular weight is 380 g/mol. The number of rotatable bonds is 7. The first-order valence-electron chi connectivity index (χ1n) is 9.68. The van der Waals surface area contributed by atoms with E-state index in [0.29, 0.717) is 11.9 Å². The molecule has 3 rings (SSSR count). The smallest absolute Gasteiger partial charge is 0.227 e. The predicted molar refractivity (Wildman–Crippen MR) is 112 cm³/mol. The van der Waals surface area contributed by atoms with Crippen LogP contribution in [0.5, 0.6) is 0 Å². The van der Waals surface area contributed by atoms with Gasteiger partial charge in [-0.25, -0.2) is 15.0 Å². The zero-order chi connectivity index (χ0) is 20.1. The summed E-state index contributed by atoms with van der Waals surface area (Å²) in [5, 5.41) is 13.5. The zero-order valence-electron chi connectivity index (χ0n) is 17.0. The molecule has 0 radical (unpaired) electrons. The number of aliphatic hydroxyl groups is 1. The molecule has 0 aliphatic heterocycles. The second-order valence-corrected chi connectivity index (χ2v) is 8.43. The van der Waals surface area contributed by atoms with Crippen LogP contribution in [0.2, 0.25) is 0 Å². The van der Waals surface area contributed by atoms with Crippen LogP contribution in [-0.2, 0) is 6.42 Å². The molecule has 6 nitrogen and oxygen atoms in total. The molecule has 2 heterocycles. The van der Waals surface area contributed by atoms with Crippen molar-refractivity contribution in [1.82, 2.24) is 19.9 Å². The second kappa shape index (κ2) is 8.52. The largest absolute Gasteiger partial charge is 0.393 e. The van der Waals surface area contributed by atoms with Crippen LogP contribution in [0.15, 0.2) is 48.8 Å². The minimum absolute atomic E-state index is 0.105. The molecule has 0 saturated carbocycles. The summed E-state index contributed by atoms with van der Waals surface area (Å²) in [6.45, 7) is 8.33. The number of hydrogen-bond donors (Lipinski definition) is 3. The van der Waals surface area contributed by atoms with E-state index in [9.17, 15) is 5.11 Å². The summed E-state index contributed by atoms with van der Waals surface area (Å²) < 4.78 is 0. The Labute approximate surface area is 166 Å². The molecule has 28 heavy (non-hydrogen) atoms. The van der Waals surface area contributed by atoms with Crippen LogP contribution in [0.3, 0.4) is 0 Å². The molecule has 0 aliphatic rings. The molecule has 0 aliphatic carbocycles. The molecular formula is C22H29N5O. The number of aliphatic hydroxyl groups excluding tert-OH is 1. The predicted octanol–water partition coefficient (Wildman–Crippen LogP) is 4.59. The first-order chi connectivity index (χ1) is 13.3. The molecule has 3 aromatic rings. The van der Waals surface area contributed by atoms with E-state index in [1.807, 2.05) is 36.4 Å². The van der Waals surface area contributed by atoms with Crippen LogP contribution < -0.4 is 5.32 Å². The summed E-state index contributed by atoms with van der Waals surface area (Å²) in [5.41, 5.74) is 2.48. The van der Waals surface area contributed by atoms with Crippen molar-refractivity contribution in [3.8, 4) is 11.4 Å². The second-order valence-electron chi connectivity index (χ2n) is 8.43. The first kappa shape index (κ1) is 20.0. The van der Waals surface area contributed by atoms with Crippen LogP contribution in [0.25, 0.3) is 11.4 Å². The Morgan fingerprint density at radius 3 is 2.57 bits per heavy atom. The fraction of sp³-hybridized carbons (Fsp3) is 0.409. The lowest BCUT2D eigenvalue weighted by molar-refractivity contribution is 0.0430. The maximum Gasteiger partial charge on any atom is 0.227 e. The Morgan fingerprint density at radius 2 is 1.86 bits per heavy atom. The summed E-state index contributed by atoms with van der Waals surface area (Å²) in [4.78, 5) is 16.7. The average Bonchev–Trinajstić information content (AvgIpc) is 3.10. The van der Waals surface area contributed by atoms with Gasteiger partial charge >= 0.3 is 0 Å². The van der Waals surface area contributed by atoms with Crippen molar-refractivity contribution < 1.29 is 5.11 Å². The third-order valence-electron chi connectivity index (χ3n) is 4.76. The Balaban J connectivity index is 1.66. The number of imidazole rings is 1. The number of benzene rings is 1. The summed E-state index contributed by atoms with van der Waals surface area (Å²) in [5.74, 6) is 1.77. The molecule has 0 bridgehead atoms. The number of para-hydroxylation sites is 1. The summed E-state index contributed by atoms with van der Waals surface area (Å²) >= 11 is 0. The number of anilines is 2. The molecule has 148 valence electrons. The van der Waals surface area contributed by atoms with Crippen molar-refractivity contribution >= 4 is 11.6 Å². The molecule has 0 spiro atoms. The summed E-state index contributed by atoms with van der Waals surface area (Å²) in [6, 6.07) is 11.7.